The molecule has 0 bridgehead atoms. The molecule has 0 fully saturated rings. The summed E-state index contributed by atoms with van der Waals surface area (Å²) in [6.07, 6.45) is 8.28. The number of fused-ring (bicyclic) bond motifs is 1. The number of aryl methyl sites for hydroxylation is 2. The van der Waals surface area contributed by atoms with Gasteiger partial charge < -0.3 is 5.32 Å². The quantitative estimate of drug-likeness (QED) is 0.584. The van der Waals surface area contributed by atoms with E-state index in [1.165, 1.54) is 0 Å². The van der Waals surface area contributed by atoms with E-state index in [2.05, 4.69) is 43.2 Å². The molecular weight excluding hydrogens is 338 g/mol. The van der Waals surface area contributed by atoms with Crippen LogP contribution < -0.4 is 5.32 Å². The lowest BCUT2D eigenvalue weighted by atomic mass is 10.1. The fourth-order valence-corrected chi connectivity index (χ4v) is 3.09. The second-order valence-electron chi connectivity index (χ2n) is 6.45. The van der Waals surface area contributed by atoms with Crippen molar-refractivity contribution >= 4 is 11.7 Å². The number of nitrogens with one attached hydrogen (secondary N) is 1. The molecular formula is C20H21N7. The fraction of sp³-hybridized carbons (Fsp3) is 0.250. The van der Waals surface area contributed by atoms with E-state index in [9.17, 15) is 0 Å². The van der Waals surface area contributed by atoms with E-state index in [0.29, 0.717) is 11.7 Å². The van der Waals surface area contributed by atoms with Crippen LogP contribution in [0.4, 0.5) is 5.95 Å². The maximum absolute atomic E-state index is 4.69. The van der Waals surface area contributed by atoms with Gasteiger partial charge in [-0.3, -0.25) is 9.38 Å². The molecule has 0 spiro atoms. The first-order valence-corrected chi connectivity index (χ1v) is 8.98. The maximum Gasteiger partial charge on any atom is 0.233 e. The van der Waals surface area contributed by atoms with Gasteiger partial charge in [0, 0.05) is 41.7 Å². The van der Waals surface area contributed by atoms with Gasteiger partial charge in [-0.2, -0.15) is 0 Å². The molecule has 136 valence electrons. The van der Waals surface area contributed by atoms with Gasteiger partial charge in [0.1, 0.15) is 0 Å². The summed E-state index contributed by atoms with van der Waals surface area (Å²) in [5.74, 6) is 1.26. The van der Waals surface area contributed by atoms with Gasteiger partial charge in [-0.15, -0.1) is 0 Å². The molecule has 1 N–H and O–H groups in total. The molecule has 0 amide bonds. The van der Waals surface area contributed by atoms with Crippen LogP contribution in [0.3, 0.4) is 0 Å². The van der Waals surface area contributed by atoms with Gasteiger partial charge >= 0.3 is 0 Å². The summed E-state index contributed by atoms with van der Waals surface area (Å²) in [4.78, 5) is 22.5. The van der Waals surface area contributed by atoms with E-state index in [-0.39, 0.29) is 6.04 Å². The van der Waals surface area contributed by atoms with E-state index in [4.69, 9.17) is 0 Å². The summed E-state index contributed by atoms with van der Waals surface area (Å²) in [6.45, 7) is 6.09. The SMILES string of the molecule is CCC(Nc1nccc(-c2ccc(C)nc2C)n1)c1cn2cccnc2n1. The minimum absolute atomic E-state index is 0.000750. The van der Waals surface area contributed by atoms with Crippen LogP contribution in [-0.4, -0.2) is 29.3 Å². The average molecular weight is 359 g/mol. The Hall–Kier alpha value is -3.35. The van der Waals surface area contributed by atoms with Crippen molar-refractivity contribution in [2.24, 2.45) is 0 Å². The number of hydrogen-bond donors (Lipinski definition) is 1. The first kappa shape index (κ1) is 17.1. The van der Waals surface area contributed by atoms with Crippen LogP contribution in [0.5, 0.6) is 0 Å². The second kappa shape index (κ2) is 7.11. The van der Waals surface area contributed by atoms with Gasteiger partial charge in [0.15, 0.2) is 0 Å². The van der Waals surface area contributed by atoms with Crippen molar-refractivity contribution in [3.8, 4) is 11.3 Å². The fourth-order valence-electron chi connectivity index (χ4n) is 3.09. The van der Waals surface area contributed by atoms with Gasteiger partial charge in [0.25, 0.3) is 0 Å². The summed E-state index contributed by atoms with van der Waals surface area (Å²) in [5.41, 5.74) is 4.73. The van der Waals surface area contributed by atoms with E-state index >= 15 is 0 Å². The van der Waals surface area contributed by atoms with Crippen molar-refractivity contribution in [3.63, 3.8) is 0 Å². The molecule has 7 nitrogen and oxygen atoms in total. The molecule has 0 aliphatic heterocycles. The molecule has 27 heavy (non-hydrogen) atoms. The average Bonchev–Trinajstić information content (AvgIpc) is 3.10. The Labute approximate surface area is 157 Å². The number of pyridine rings is 1. The maximum atomic E-state index is 4.69. The lowest BCUT2D eigenvalue weighted by molar-refractivity contribution is 0.719. The Morgan fingerprint density at radius 2 is 1.93 bits per heavy atom. The molecule has 4 aromatic heterocycles. The molecule has 1 unspecified atom stereocenters. The molecule has 4 rings (SSSR count). The summed E-state index contributed by atoms with van der Waals surface area (Å²) >= 11 is 0. The van der Waals surface area contributed by atoms with Gasteiger partial charge in [0.2, 0.25) is 11.7 Å². The molecule has 7 heteroatoms. The van der Waals surface area contributed by atoms with Crippen molar-refractivity contribution in [1.29, 1.82) is 0 Å². The van der Waals surface area contributed by atoms with Crippen LogP contribution in [0, 0.1) is 13.8 Å². The van der Waals surface area contributed by atoms with Crippen molar-refractivity contribution in [2.75, 3.05) is 5.32 Å². The topological polar surface area (TPSA) is 80.9 Å². The van der Waals surface area contributed by atoms with E-state index in [1.54, 1.807) is 12.4 Å². The van der Waals surface area contributed by atoms with Crippen molar-refractivity contribution < 1.29 is 0 Å². The normalized spacial score (nSPS) is 12.3. The van der Waals surface area contributed by atoms with Crippen LogP contribution in [0.2, 0.25) is 0 Å². The van der Waals surface area contributed by atoms with Crippen LogP contribution in [0.15, 0.2) is 49.1 Å². The Bertz CT molecular complexity index is 1050. The third-order valence-electron chi connectivity index (χ3n) is 4.48. The predicted octanol–water partition coefficient (Wildman–Crippen LogP) is 3.76. The zero-order chi connectivity index (χ0) is 18.8. The standard InChI is InChI=1S/C20H21N7/c1-4-16(18-12-27-11-5-9-22-20(27)26-18)24-19-21-10-8-17(25-19)15-7-6-13(2)23-14(15)3/h5-12,16H,4H2,1-3H3,(H,21,24,25). The first-order valence-electron chi connectivity index (χ1n) is 8.98. The number of imidazole rings is 1. The lowest BCUT2D eigenvalue weighted by Crippen LogP contribution is -2.12. The molecule has 0 saturated carbocycles. The second-order valence-corrected chi connectivity index (χ2v) is 6.45. The van der Waals surface area contributed by atoms with Crippen LogP contribution >= 0.6 is 0 Å². The summed E-state index contributed by atoms with van der Waals surface area (Å²) in [5, 5.41) is 3.40. The monoisotopic (exact) mass is 359 g/mol. The van der Waals surface area contributed by atoms with E-state index < -0.39 is 0 Å². The Balaban J connectivity index is 1.63. The summed E-state index contributed by atoms with van der Waals surface area (Å²) in [7, 11) is 0. The lowest BCUT2D eigenvalue weighted by Gasteiger charge is -2.15. The third-order valence-corrected chi connectivity index (χ3v) is 4.48. The minimum Gasteiger partial charge on any atom is -0.346 e. The Kier molecular flexibility index (Phi) is 4.50. The zero-order valence-electron chi connectivity index (χ0n) is 15.6. The molecule has 0 saturated heterocycles. The molecule has 0 aromatic carbocycles. The van der Waals surface area contributed by atoms with Crippen LogP contribution in [0.1, 0.15) is 36.5 Å². The molecule has 4 heterocycles. The summed E-state index contributed by atoms with van der Waals surface area (Å²) < 4.78 is 1.91. The van der Waals surface area contributed by atoms with Gasteiger partial charge in [-0.05, 0) is 44.5 Å². The Morgan fingerprint density at radius 3 is 2.70 bits per heavy atom. The number of aromatic nitrogens is 6. The molecule has 1 atom stereocenters. The van der Waals surface area contributed by atoms with Crippen molar-refractivity contribution in [3.05, 3.63) is 66.1 Å². The molecule has 4 aromatic rings. The highest BCUT2D eigenvalue weighted by Gasteiger charge is 2.15. The molecule has 0 radical (unpaired) electrons. The number of anilines is 1. The van der Waals surface area contributed by atoms with Crippen LogP contribution in [0.25, 0.3) is 17.0 Å². The number of nitrogens with zero attached hydrogens (tertiary/aromatic N) is 6. The minimum atomic E-state index is -0.000750. The number of rotatable bonds is 5. The highest BCUT2D eigenvalue weighted by atomic mass is 15.1. The highest BCUT2D eigenvalue weighted by Crippen LogP contribution is 2.24. The smallest absolute Gasteiger partial charge is 0.233 e. The highest BCUT2D eigenvalue weighted by molar-refractivity contribution is 5.62. The predicted molar refractivity (Wildman–Crippen MR) is 104 cm³/mol. The largest absolute Gasteiger partial charge is 0.346 e. The Morgan fingerprint density at radius 1 is 1.04 bits per heavy atom. The van der Waals surface area contributed by atoms with Crippen LogP contribution in [-0.2, 0) is 0 Å². The first-order chi connectivity index (χ1) is 13.1. The van der Waals surface area contributed by atoms with Crippen molar-refractivity contribution in [1.82, 2.24) is 29.3 Å². The third kappa shape index (κ3) is 3.48. The van der Waals surface area contributed by atoms with Gasteiger partial charge in [-0.25, -0.2) is 19.9 Å². The molecule has 0 aliphatic rings. The van der Waals surface area contributed by atoms with E-state index in [1.807, 2.05) is 48.8 Å². The summed E-state index contributed by atoms with van der Waals surface area (Å²) in [6, 6.07) is 7.84. The van der Waals surface area contributed by atoms with E-state index in [0.717, 1.165) is 34.8 Å². The number of hydrogen-bond acceptors (Lipinski definition) is 6. The molecule has 0 aliphatic carbocycles. The van der Waals surface area contributed by atoms with Gasteiger partial charge in [0.05, 0.1) is 17.4 Å². The van der Waals surface area contributed by atoms with Gasteiger partial charge in [-0.1, -0.05) is 6.92 Å². The zero-order valence-corrected chi connectivity index (χ0v) is 15.6. The van der Waals surface area contributed by atoms with Crippen molar-refractivity contribution in [2.45, 2.75) is 33.2 Å².